The van der Waals surface area contributed by atoms with E-state index in [1.54, 1.807) is 48.5 Å². The number of carbonyl (C=O) groups is 6. The van der Waals surface area contributed by atoms with Crippen molar-refractivity contribution < 1.29 is 33.5 Å². The predicted octanol–water partition coefficient (Wildman–Crippen LogP) is 1.89. The highest BCUT2D eigenvalue weighted by molar-refractivity contribution is 6.37. The molecule has 2 aliphatic rings. The van der Waals surface area contributed by atoms with E-state index < -0.39 is 65.1 Å². The van der Waals surface area contributed by atoms with Gasteiger partial charge in [0.1, 0.15) is 18.1 Å². The van der Waals surface area contributed by atoms with Crippen molar-refractivity contribution in [1.82, 2.24) is 20.9 Å². The van der Waals surface area contributed by atoms with Gasteiger partial charge in [-0.1, -0.05) is 61.3 Å². The van der Waals surface area contributed by atoms with Crippen LogP contribution in [0.25, 0.3) is 0 Å². The molecular weight excluding hydrogens is 542 g/mol. The number of urea groups is 1. The number of likely N-dealkylation sites (tertiary alicyclic amines) is 1. The van der Waals surface area contributed by atoms with Gasteiger partial charge in [-0.3, -0.25) is 19.2 Å². The Hall–Kier alpha value is -3.18. The van der Waals surface area contributed by atoms with Crippen molar-refractivity contribution in [2.45, 2.75) is 118 Å². The smallest absolute Gasteiger partial charge is 0.329 e. The van der Waals surface area contributed by atoms with Gasteiger partial charge in [0, 0.05) is 6.54 Å². The van der Waals surface area contributed by atoms with E-state index in [4.69, 9.17) is 10.5 Å². The molecule has 0 aromatic heterocycles. The van der Waals surface area contributed by atoms with Crippen LogP contribution in [-0.2, 0) is 28.7 Å². The molecule has 0 aromatic rings. The first-order chi connectivity index (χ1) is 19.3. The predicted molar refractivity (Wildman–Crippen MR) is 157 cm³/mol. The Morgan fingerprint density at radius 1 is 0.905 bits per heavy atom. The minimum absolute atomic E-state index is 0.0374. The highest BCUT2D eigenvalue weighted by Crippen LogP contribution is 2.35. The third kappa shape index (κ3) is 9.42. The highest BCUT2D eigenvalue weighted by atomic mass is 16.5. The van der Waals surface area contributed by atoms with Gasteiger partial charge in [-0.2, -0.15) is 0 Å². The molecular formula is C30H51N5O7. The van der Waals surface area contributed by atoms with E-state index in [9.17, 15) is 28.8 Å². The molecule has 5 atom stereocenters. The molecule has 0 radical (unpaired) electrons. The molecule has 1 aliphatic heterocycles. The molecule has 5 amide bonds. The van der Waals surface area contributed by atoms with Crippen LogP contribution < -0.4 is 21.7 Å². The van der Waals surface area contributed by atoms with Crippen LogP contribution >= 0.6 is 0 Å². The van der Waals surface area contributed by atoms with Crippen molar-refractivity contribution in [2.75, 3.05) is 6.54 Å². The van der Waals surface area contributed by atoms with Gasteiger partial charge >= 0.3 is 12.0 Å². The van der Waals surface area contributed by atoms with E-state index in [1.165, 1.54) is 4.90 Å². The zero-order valence-corrected chi connectivity index (χ0v) is 26.6. The Bertz CT molecular complexity index is 1030. The standard InChI is InChI=1S/C30H51N5O7/c1-15(2)19-12-13-35(22(19)26(38)32-20(14-18-10-11-18)23(36)25(31)37)27(39)24(30(7,8)9)34-29(41)33-21(16(3)4)28(40)42-17(5)6/h15-22,24H,10-14H2,1-9H3,(H2,31,37)(H,32,38)(H2,33,34,41)/t19-,20?,21+,22+,24-/m1/s1. The molecule has 2 rings (SSSR count). The third-order valence-corrected chi connectivity index (χ3v) is 7.94. The molecule has 1 saturated carbocycles. The summed E-state index contributed by atoms with van der Waals surface area (Å²) in [6.45, 7) is 16.6. The summed E-state index contributed by atoms with van der Waals surface area (Å²) in [6, 6.07) is -4.63. The molecule has 0 spiro atoms. The Kier molecular flexibility index (Phi) is 11.9. The summed E-state index contributed by atoms with van der Waals surface area (Å²) in [4.78, 5) is 79.2. The molecule has 5 N–H and O–H groups in total. The summed E-state index contributed by atoms with van der Waals surface area (Å²) < 4.78 is 5.29. The van der Waals surface area contributed by atoms with E-state index in [-0.39, 0.29) is 36.3 Å². The second-order valence-corrected chi connectivity index (χ2v) is 13.8. The van der Waals surface area contributed by atoms with Gasteiger partial charge < -0.3 is 31.3 Å². The van der Waals surface area contributed by atoms with Gasteiger partial charge in [-0.25, -0.2) is 9.59 Å². The third-order valence-electron chi connectivity index (χ3n) is 7.94. The van der Waals surface area contributed by atoms with Crippen molar-refractivity contribution in [3.8, 4) is 0 Å². The van der Waals surface area contributed by atoms with Gasteiger partial charge in [0.2, 0.25) is 17.6 Å². The molecule has 238 valence electrons. The molecule has 1 aliphatic carbocycles. The Morgan fingerprint density at radius 3 is 1.95 bits per heavy atom. The first kappa shape index (κ1) is 35.0. The minimum Gasteiger partial charge on any atom is -0.461 e. The summed E-state index contributed by atoms with van der Waals surface area (Å²) in [6.07, 6.45) is 2.34. The summed E-state index contributed by atoms with van der Waals surface area (Å²) in [5.74, 6) is -3.71. The van der Waals surface area contributed by atoms with Gasteiger partial charge in [0.15, 0.2) is 0 Å². The Morgan fingerprint density at radius 2 is 1.50 bits per heavy atom. The maximum absolute atomic E-state index is 14.1. The monoisotopic (exact) mass is 593 g/mol. The van der Waals surface area contributed by atoms with Crippen LogP contribution in [0.1, 0.15) is 88.0 Å². The van der Waals surface area contributed by atoms with Crippen LogP contribution in [0.15, 0.2) is 0 Å². The number of ether oxygens (including phenoxy) is 1. The second-order valence-electron chi connectivity index (χ2n) is 13.8. The number of esters is 1. The number of rotatable bonds is 13. The van der Waals surface area contributed by atoms with E-state index in [2.05, 4.69) is 16.0 Å². The van der Waals surface area contributed by atoms with Gasteiger partial charge in [-0.15, -0.1) is 0 Å². The molecule has 1 unspecified atom stereocenters. The molecule has 0 aromatic carbocycles. The first-order valence-electron chi connectivity index (χ1n) is 15.1. The molecule has 12 heteroatoms. The number of hydrogen-bond donors (Lipinski definition) is 4. The number of nitrogens with one attached hydrogen (secondary N) is 3. The van der Waals surface area contributed by atoms with Crippen molar-refractivity contribution in [2.24, 2.45) is 34.8 Å². The fraction of sp³-hybridized carbons (Fsp3) is 0.800. The van der Waals surface area contributed by atoms with Crippen LogP contribution in [0.5, 0.6) is 0 Å². The molecule has 42 heavy (non-hydrogen) atoms. The average Bonchev–Trinajstić information content (AvgIpc) is 3.56. The number of ketones is 1. The number of nitrogens with two attached hydrogens (primary N) is 1. The normalized spacial score (nSPS) is 21.1. The van der Waals surface area contributed by atoms with Crippen molar-refractivity contribution in [3.63, 3.8) is 0 Å². The average molecular weight is 594 g/mol. The van der Waals surface area contributed by atoms with Crippen LogP contribution in [0.4, 0.5) is 4.79 Å². The van der Waals surface area contributed by atoms with E-state index in [1.807, 2.05) is 13.8 Å². The lowest BCUT2D eigenvalue weighted by atomic mass is 9.84. The van der Waals surface area contributed by atoms with E-state index in [0.29, 0.717) is 12.8 Å². The fourth-order valence-corrected chi connectivity index (χ4v) is 5.38. The zero-order chi connectivity index (χ0) is 32.1. The van der Waals surface area contributed by atoms with Crippen molar-refractivity contribution in [1.29, 1.82) is 0 Å². The summed E-state index contributed by atoms with van der Waals surface area (Å²) in [7, 11) is 0. The first-order valence-corrected chi connectivity index (χ1v) is 15.1. The van der Waals surface area contributed by atoms with Gasteiger partial charge in [-0.05, 0) is 55.8 Å². The van der Waals surface area contributed by atoms with Crippen LogP contribution in [-0.4, -0.2) is 77.2 Å². The number of Topliss-reactive ketones (excluding diaryl/α,β-unsaturated/α-hetero) is 1. The minimum atomic E-state index is -1.11. The van der Waals surface area contributed by atoms with Crippen molar-refractivity contribution in [3.05, 3.63) is 0 Å². The topological polar surface area (TPSA) is 177 Å². The SMILES string of the molecule is CC(C)OC(=O)[C@@H](NC(=O)N[C@H](C(=O)N1CC[C@H](C(C)C)[C@H]1C(=O)NC(CC1CC1)C(=O)C(N)=O)C(C)(C)C)C(C)C. The quantitative estimate of drug-likeness (QED) is 0.186. The fourth-order valence-electron chi connectivity index (χ4n) is 5.38. The summed E-state index contributed by atoms with van der Waals surface area (Å²) >= 11 is 0. The molecule has 0 bridgehead atoms. The molecule has 1 heterocycles. The Balaban J connectivity index is 2.30. The van der Waals surface area contributed by atoms with Gasteiger partial charge in [0.05, 0.1) is 12.1 Å². The lowest BCUT2D eigenvalue weighted by molar-refractivity contribution is -0.150. The number of hydrogen-bond acceptors (Lipinski definition) is 7. The van der Waals surface area contributed by atoms with Crippen LogP contribution in [0.3, 0.4) is 0 Å². The number of nitrogens with zero attached hydrogens (tertiary/aromatic N) is 1. The maximum atomic E-state index is 14.1. The summed E-state index contributed by atoms with van der Waals surface area (Å²) in [5, 5.41) is 8.12. The highest BCUT2D eigenvalue weighted by Gasteiger charge is 2.48. The van der Waals surface area contributed by atoms with Gasteiger partial charge in [0.25, 0.3) is 5.91 Å². The maximum Gasteiger partial charge on any atom is 0.329 e. The largest absolute Gasteiger partial charge is 0.461 e. The number of primary amides is 1. The van der Waals surface area contributed by atoms with Crippen molar-refractivity contribution >= 4 is 35.5 Å². The lowest BCUT2D eigenvalue weighted by Crippen LogP contribution is -2.62. The zero-order valence-electron chi connectivity index (χ0n) is 26.6. The molecule has 2 fully saturated rings. The summed E-state index contributed by atoms with van der Waals surface area (Å²) in [5.41, 5.74) is 4.51. The second kappa shape index (κ2) is 14.3. The molecule has 12 nitrogen and oxygen atoms in total. The number of carbonyl (C=O) groups excluding carboxylic acids is 6. The van der Waals surface area contributed by atoms with Crippen LogP contribution in [0.2, 0.25) is 0 Å². The van der Waals surface area contributed by atoms with E-state index >= 15 is 0 Å². The Labute approximate surface area is 249 Å². The number of amides is 5. The lowest BCUT2D eigenvalue weighted by Gasteiger charge is -2.37. The van der Waals surface area contributed by atoms with E-state index in [0.717, 1.165) is 12.8 Å². The molecule has 1 saturated heterocycles. The van der Waals surface area contributed by atoms with Crippen LogP contribution in [0, 0.1) is 29.1 Å².